The minimum absolute atomic E-state index is 0.246. The zero-order chi connectivity index (χ0) is 18.8. The molecule has 2 heterocycles. The summed E-state index contributed by atoms with van der Waals surface area (Å²) in [4.78, 5) is 21.9. The highest BCUT2D eigenvalue weighted by Crippen LogP contribution is 2.25. The van der Waals surface area contributed by atoms with Crippen LogP contribution in [0.2, 0.25) is 5.02 Å². The van der Waals surface area contributed by atoms with Crippen molar-refractivity contribution in [1.29, 1.82) is 0 Å². The molecule has 134 valence electrons. The monoisotopic (exact) mass is 397 g/mol. The number of rotatable bonds is 4. The maximum atomic E-state index is 13.1. The maximum Gasteiger partial charge on any atom is 0.285 e. The SMILES string of the molecule is O=c1c2ncccc2nc(SCc2ccc(F)cc2)n1-c1ccc(Cl)cc1. The van der Waals surface area contributed by atoms with Crippen molar-refractivity contribution in [1.82, 2.24) is 14.5 Å². The second-order valence-corrected chi connectivity index (χ2v) is 7.18. The van der Waals surface area contributed by atoms with Gasteiger partial charge in [-0.25, -0.2) is 14.4 Å². The van der Waals surface area contributed by atoms with Crippen LogP contribution in [0.5, 0.6) is 0 Å². The molecule has 0 saturated carbocycles. The van der Waals surface area contributed by atoms with Gasteiger partial charge in [0.15, 0.2) is 10.7 Å². The highest BCUT2D eigenvalue weighted by Gasteiger charge is 2.14. The lowest BCUT2D eigenvalue weighted by Gasteiger charge is -2.13. The van der Waals surface area contributed by atoms with Crippen molar-refractivity contribution in [3.63, 3.8) is 0 Å². The maximum absolute atomic E-state index is 13.1. The molecule has 0 atom stereocenters. The summed E-state index contributed by atoms with van der Waals surface area (Å²) < 4.78 is 14.6. The Balaban J connectivity index is 1.81. The van der Waals surface area contributed by atoms with Gasteiger partial charge in [-0.3, -0.25) is 9.36 Å². The summed E-state index contributed by atoms with van der Waals surface area (Å²) in [5.41, 5.74) is 2.19. The molecule has 0 radical (unpaired) electrons. The number of nitrogens with zero attached hydrogens (tertiary/aromatic N) is 3. The summed E-state index contributed by atoms with van der Waals surface area (Å²) >= 11 is 7.38. The Morgan fingerprint density at radius 3 is 2.52 bits per heavy atom. The molecule has 4 nitrogen and oxygen atoms in total. The van der Waals surface area contributed by atoms with Crippen molar-refractivity contribution >= 4 is 34.4 Å². The Morgan fingerprint density at radius 2 is 1.78 bits per heavy atom. The van der Waals surface area contributed by atoms with Crippen LogP contribution in [0.25, 0.3) is 16.7 Å². The Kier molecular flexibility index (Phi) is 4.92. The van der Waals surface area contributed by atoms with Crippen LogP contribution in [0.3, 0.4) is 0 Å². The van der Waals surface area contributed by atoms with E-state index in [0.29, 0.717) is 32.7 Å². The lowest BCUT2D eigenvalue weighted by Crippen LogP contribution is -2.22. The van der Waals surface area contributed by atoms with E-state index in [0.717, 1.165) is 5.56 Å². The molecular weight excluding hydrogens is 385 g/mol. The number of pyridine rings is 1. The van der Waals surface area contributed by atoms with E-state index in [1.165, 1.54) is 28.5 Å². The van der Waals surface area contributed by atoms with Crippen molar-refractivity contribution in [3.05, 3.63) is 93.6 Å². The third-order valence-electron chi connectivity index (χ3n) is 3.97. The number of aromatic nitrogens is 3. The first-order chi connectivity index (χ1) is 13.1. The van der Waals surface area contributed by atoms with Crippen LogP contribution in [0, 0.1) is 5.82 Å². The first-order valence-corrected chi connectivity index (χ1v) is 9.49. The molecule has 4 rings (SSSR count). The second kappa shape index (κ2) is 7.50. The molecule has 0 amide bonds. The van der Waals surface area contributed by atoms with E-state index in [1.54, 1.807) is 54.7 Å². The predicted octanol–water partition coefficient (Wildman–Crippen LogP) is 4.87. The minimum Gasteiger partial charge on any atom is -0.266 e. The molecule has 0 spiro atoms. The average Bonchev–Trinajstić information content (AvgIpc) is 2.69. The number of benzene rings is 2. The lowest BCUT2D eigenvalue weighted by atomic mass is 10.2. The number of hydrogen-bond donors (Lipinski definition) is 0. The van der Waals surface area contributed by atoms with Gasteiger partial charge in [0.2, 0.25) is 0 Å². The summed E-state index contributed by atoms with van der Waals surface area (Å²) in [6, 6.07) is 16.8. The van der Waals surface area contributed by atoms with Crippen molar-refractivity contribution in [2.24, 2.45) is 0 Å². The summed E-state index contributed by atoms with van der Waals surface area (Å²) in [5, 5.41) is 1.12. The largest absolute Gasteiger partial charge is 0.285 e. The second-order valence-electron chi connectivity index (χ2n) is 5.80. The van der Waals surface area contributed by atoms with Gasteiger partial charge in [0.25, 0.3) is 5.56 Å². The minimum atomic E-state index is -0.281. The molecule has 2 aromatic heterocycles. The molecule has 0 aliphatic heterocycles. The molecular formula is C20H13ClFN3OS. The van der Waals surface area contributed by atoms with Gasteiger partial charge >= 0.3 is 0 Å². The summed E-state index contributed by atoms with van der Waals surface area (Å²) in [6.07, 6.45) is 1.57. The topological polar surface area (TPSA) is 47.8 Å². The van der Waals surface area contributed by atoms with E-state index in [-0.39, 0.29) is 11.4 Å². The van der Waals surface area contributed by atoms with Gasteiger partial charge in [-0.15, -0.1) is 0 Å². The molecule has 2 aromatic carbocycles. The van der Waals surface area contributed by atoms with Gasteiger partial charge in [-0.05, 0) is 54.1 Å². The van der Waals surface area contributed by atoms with Gasteiger partial charge in [0.1, 0.15) is 5.82 Å². The molecule has 0 unspecified atom stereocenters. The zero-order valence-electron chi connectivity index (χ0n) is 14.0. The van der Waals surface area contributed by atoms with Gasteiger partial charge < -0.3 is 0 Å². The summed E-state index contributed by atoms with van der Waals surface area (Å²) in [6.45, 7) is 0. The van der Waals surface area contributed by atoms with Crippen LogP contribution >= 0.6 is 23.4 Å². The molecule has 0 fully saturated rings. The van der Waals surface area contributed by atoms with E-state index in [2.05, 4.69) is 9.97 Å². The van der Waals surface area contributed by atoms with Gasteiger partial charge in [-0.2, -0.15) is 0 Å². The molecule has 0 aliphatic rings. The van der Waals surface area contributed by atoms with Crippen LogP contribution in [0.15, 0.2) is 76.8 Å². The van der Waals surface area contributed by atoms with Crippen LogP contribution < -0.4 is 5.56 Å². The number of halogens is 2. The molecule has 0 saturated heterocycles. The third kappa shape index (κ3) is 3.72. The molecule has 4 aromatic rings. The quantitative estimate of drug-likeness (QED) is 0.364. The normalized spacial score (nSPS) is 11.0. The van der Waals surface area contributed by atoms with E-state index in [4.69, 9.17) is 11.6 Å². The van der Waals surface area contributed by atoms with Crippen molar-refractivity contribution in [3.8, 4) is 5.69 Å². The standard InChI is InChI=1S/C20H13ClFN3OS/c21-14-5-9-16(10-6-14)25-19(26)18-17(2-1-11-23-18)24-20(25)27-12-13-3-7-15(22)8-4-13/h1-11H,12H2. The van der Waals surface area contributed by atoms with Crippen LogP contribution in [0.4, 0.5) is 4.39 Å². The molecule has 27 heavy (non-hydrogen) atoms. The zero-order valence-corrected chi connectivity index (χ0v) is 15.5. The molecule has 0 bridgehead atoms. The van der Waals surface area contributed by atoms with E-state index < -0.39 is 0 Å². The number of fused-ring (bicyclic) bond motifs is 1. The Bertz CT molecular complexity index is 1160. The van der Waals surface area contributed by atoms with E-state index in [1.807, 2.05) is 0 Å². The van der Waals surface area contributed by atoms with Gasteiger partial charge in [0.05, 0.1) is 11.2 Å². The predicted molar refractivity (Wildman–Crippen MR) is 106 cm³/mol. The summed E-state index contributed by atoms with van der Waals surface area (Å²) in [5.74, 6) is 0.267. The number of thioether (sulfide) groups is 1. The highest BCUT2D eigenvalue weighted by atomic mass is 35.5. The van der Waals surface area contributed by atoms with Gasteiger partial charge in [-0.1, -0.05) is 35.5 Å². The Hall–Kier alpha value is -2.70. The first-order valence-electron chi connectivity index (χ1n) is 8.13. The molecule has 0 aliphatic carbocycles. The fourth-order valence-corrected chi connectivity index (χ4v) is 3.74. The molecule has 0 N–H and O–H groups in total. The highest BCUT2D eigenvalue weighted by molar-refractivity contribution is 7.98. The van der Waals surface area contributed by atoms with Crippen LogP contribution in [-0.4, -0.2) is 14.5 Å². The van der Waals surface area contributed by atoms with Crippen molar-refractivity contribution in [2.75, 3.05) is 0 Å². The van der Waals surface area contributed by atoms with Gasteiger partial charge in [0, 0.05) is 17.0 Å². The fourth-order valence-electron chi connectivity index (χ4n) is 2.64. The van der Waals surface area contributed by atoms with E-state index in [9.17, 15) is 9.18 Å². The number of hydrogen-bond acceptors (Lipinski definition) is 4. The van der Waals surface area contributed by atoms with Crippen LogP contribution in [0.1, 0.15) is 5.56 Å². The third-order valence-corrected chi connectivity index (χ3v) is 5.23. The molecule has 7 heteroatoms. The van der Waals surface area contributed by atoms with E-state index >= 15 is 0 Å². The Morgan fingerprint density at radius 1 is 1.04 bits per heavy atom. The smallest absolute Gasteiger partial charge is 0.266 e. The lowest BCUT2D eigenvalue weighted by molar-refractivity contribution is 0.627. The van der Waals surface area contributed by atoms with Crippen LogP contribution in [-0.2, 0) is 5.75 Å². The first kappa shape index (κ1) is 17.7. The summed E-state index contributed by atoms with van der Waals surface area (Å²) in [7, 11) is 0. The Labute approximate surface area is 163 Å². The fraction of sp³-hybridized carbons (Fsp3) is 0.0500. The van der Waals surface area contributed by atoms with Crippen molar-refractivity contribution < 1.29 is 4.39 Å². The van der Waals surface area contributed by atoms with Crippen molar-refractivity contribution in [2.45, 2.75) is 10.9 Å². The average molecular weight is 398 g/mol.